The topological polar surface area (TPSA) is 72.9 Å². The molecule has 0 radical (unpaired) electrons. The van der Waals surface area contributed by atoms with Gasteiger partial charge < -0.3 is 11.1 Å². The van der Waals surface area contributed by atoms with Crippen LogP contribution in [0.2, 0.25) is 0 Å². The third-order valence-corrected chi connectivity index (χ3v) is 4.28. The fraction of sp³-hybridized carbons (Fsp3) is 0.333. The summed E-state index contributed by atoms with van der Waals surface area (Å²) in [7, 11) is 0. The van der Waals surface area contributed by atoms with E-state index in [1.165, 1.54) is 16.8 Å². The van der Waals surface area contributed by atoms with E-state index in [0.717, 1.165) is 12.8 Å². The van der Waals surface area contributed by atoms with Crippen LogP contribution in [0.25, 0.3) is 5.69 Å². The molecule has 1 fully saturated rings. The van der Waals surface area contributed by atoms with E-state index in [0.29, 0.717) is 22.6 Å². The molecule has 1 atom stereocenters. The SMILES string of the molecule is Cl.NC(CNC(=O)c1nn(-c2ccc(F)cc2)cc1Br)C1CC1. The minimum atomic E-state index is -0.318. The molecule has 0 saturated heterocycles. The Balaban J connectivity index is 0.00000192. The number of hydrogen-bond donors (Lipinski definition) is 2. The van der Waals surface area contributed by atoms with E-state index < -0.39 is 0 Å². The molecule has 5 nitrogen and oxygen atoms in total. The Hall–Kier alpha value is -1.44. The van der Waals surface area contributed by atoms with Crippen molar-refractivity contribution < 1.29 is 9.18 Å². The van der Waals surface area contributed by atoms with Gasteiger partial charge in [0.2, 0.25) is 0 Å². The average Bonchev–Trinajstić information content (AvgIpc) is 3.28. The summed E-state index contributed by atoms with van der Waals surface area (Å²) in [6.45, 7) is 0.444. The number of nitrogens with zero attached hydrogens (tertiary/aromatic N) is 2. The van der Waals surface area contributed by atoms with Crippen LogP contribution in [0, 0.1) is 11.7 Å². The van der Waals surface area contributed by atoms with Crippen molar-refractivity contribution in [1.82, 2.24) is 15.1 Å². The minimum Gasteiger partial charge on any atom is -0.349 e. The zero-order chi connectivity index (χ0) is 15.7. The van der Waals surface area contributed by atoms with E-state index in [-0.39, 0.29) is 35.9 Å². The standard InChI is InChI=1S/C15H16BrFN4O.ClH/c16-12-8-21(11-5-3-10(17)4-6-11)20-14(12)15(22)19-7-13(18)9-1-2-9;/h3-6,8-9,13H,1-2,7,18H2,(H,19,22);1H. The van der Waals surface area contributed by atoms with Crippen molar-refractivity contribution in [2.45, 2.75) is 18.9 Å². The Kier molecular flexibility index (Phi) is 5.78. The Morgan fingerprint density at radius 1 is 1.43 bits per heavy atom. The second-order valence-corrected chi connectivity index (χ2v) is 6.31. The predicted molar refractivity (Wildman–Crippen MR) is 91.5 cm³/mol. The summed E-state index contributed by atoms with van der Waals surface area (Å²) in [4.78, 5) is 12.2. The molecule has 0 aliphatic heterocycles. The number of hydrogen-bond acceptors (Lipinski definition) is 3. The van der Waals surface area contributed by atoms with Gasteiger partial charge in [0.25, 0.3) is 5.91 Å². The number of carbonyl (C=O) groups is 1. The summed E-state index contributed by atoms with van der Waals surface area (Å²) in [5.74, 6) is -0.0636. The van der Waals surface area contributed by atoms with Gasteiger partial charge in [-0.15, -0.1) is 12.4 Å². The molecule has 1 aliphatic carbocycles. The molecule has 124 valence electrons. The second kappa shape index (κ2) is 7.42. The number of aromatic nitrogens is 2. The number of amides is 1. The van der Waals surface area contributed by atoms with Crippen molar-refractivity contribution in [3.05, 3.63) is 46.4 Å². The van der Waals surface area contributed by atoms with Gasteiger partial charge in [-0.2, -0.15) is 5.10 Å². The van der Waals surface area contributed by atoms with E-state index in [1.807, 2.05) is 0 Å². The molecule has 3 rings (SSSR count). The lowest BCUT2D eigenvalue weighted by atomic mass is 10.2. The monoisotopic (exact) mass is 402 g/mol. The first-order valence-corrected chi connectivity index (χ1v) is 7.89. The van der Waals surface area contributed by atoms with Crippen molar-refractivity contribution in [2.75, 3.05) is 6.54 Å². The minimum absolute atomic E-state index is 0. The first kappa shape index (κ1) is 17.9. The molecule has 1 aliphatic rings. The normalized spacial score (nSPS) is 14.9. The van der Waals surface area contributed by atoms with E-state index in [2.05, 4.69) is 26.3 Å². The molecule has 1 aromatic carbocycles. The van der Waals surface area contributed by atoms with Gasteiger partial charge in [-0.3, -0.25) is 4.79 Å². The molecule has 1 heterocycles. The van der Waals surface area contributed by atoms with E-state index in [4.69, 9.17) is 5.73 Å². The van der Waals surface area contributed by atoms with Crippen LogP contribution < -0.4 is 11.1 Å². The molecule has 8 heteroatoms. The maximum Gasteiger partial charge on any atom is 0.273 e. The first-order valence-electron chi connectivity index (χ1n) is 7.09. The maximum atomic E-state index is 12.9. The van der Waals surface area contributed by atoms with Gasteiger partial charge in [0.1, 0.15) is 5.82 Å². The zero-order valence-electron chi connectivity index (χ0n) is 12.2. The highest BCUT2D eigenvalue weighted by Gasteiger charge is 2.29. The van der Waals surface area contributed by atoms with Crippen LogP contribution in [0.1, 0.15) is 23.3 Å². The molecule has 0 spiro atoms. The Labute approximate surface area is 148 Å². The summed E-state index contributed by atoms with van der Waals surface area (Å²) in [6, 6.07) is 5.89. The maximum absolute atomic E-state index is 12.9. The lowest BCUT2D eigenvalue weighted by molar-refractivity contribution is 0.0944. The summed E-state index contributed by atoms with van der Waals surface area (Å²) >= 11 is 3.33. The van der Waals surface area contributed by atoms with Crippen LogP contribution in [0.15, 0.2) is 34.9 Å². The van der Waals surface area contributed by atoms with Crippen LogP contribution in [0.5, 0.6) is 0 Å². The molecule has 1 aromatic heterocycles. The summed E-state index contributed by atoms with van der Waals surface area (Å²) < 4.78 is 15.1. The highest BCUT2D eigenvalue weighted by Crippen LogP contribution is 2.31. The molecule has 1 amide bonds. The third kappa shape index (κ3) is 4.31. The lowest BCUT2D eigenvalue weighted by Gasteiger charge is -2.10. The molecule has 23 heavy (non-hydrogen) atoms. The van der Waals surface area contributed by atoms with Crippen molar-refractivity contribution in [3.8, 4) is 5.69 Å². The summed E-state index contributed by atoms with van der Waals surface area (Å²) in [5.41, 5.74) is 6.93. The molecule has 0 bridgehead atoms. The molecule has 1 saturated carbocycles. The highest BCUT2D eigenvalue weighted by atomic mass is 79.9. The van der Waals surface area contributed by atoms with E-state index in [1.54, 1.807) is 18.3 Å². The van der Waals surface area contributed by atoms with Crippen LogP contribution in [-0.2, 0) is 0 Å². The van der Waals surface area contributed by atoms with E-state index >= 15 is 0 Å². The Morgan fingerprint density at radius 2 is 2.09 bits per heavy atom. The number of nitrogens with two attached hydrogens (primary N) is 1. The number of nitrogens with one attached hydrogen (secondary N) is 1. The predicted octanol–water partition coefficient (Wildman–Crippen LogP) is 2.66. The number of halogens is 3. The fourth-order valence-corrected chi connectivity index (χ4v) is 2.67. The van der Waals surface area contributed by atoms with Crippen molar-refractivity contribution in [1.29, 1.82) is 0 Å². The van der Waals surface area contributed by atoms with Crippen LogP contribution in [0.3, 0.4) is 0 Å². The molecular weight excluding hydrogens is 387 g/mol. The van der Waals surface area contributed by atoms with Gasteiger partial charge in [0, 0.05) is 18.8 Å². The average molecular weight is 404 g/mol. The van der Waals surface area contributed by atoms with E-state index in [9.17, 15) is 9.18 Å². The molecular formula is C15H17BrClFN4O. The van der Waals surface area contributed by atoms with Gasteiger partial charge in [-0.25, -0.2) is 9.07 Å². The fourth-order valence-electron chi connectivity index (χ4n) is 2.22. The van der Waals surface area contributed by atoms with Crippen molar-refractivity contribution in [2.24, 2.45) is 11.7 Å². The smallest absolute Gasteiger partial charge is 0.273 e. The molecule has 2 aromatic rings. The Bertz CT molecular complexity index is 687. The second-order valence-electron chi connectivity index (χ2n) is 5.46. The summed E-state index contributed by atoms with van der Waals surface area (Å²) in [5, 5.41) is 7.05. The van der Waals surface area contributed by atoms with Crippen LogP contribution >= 0.6 is 28.3 Å². The van der Waals surface area contributed by atoms with Crippen molar-refractivity contribution >= 4 is 34.2 Å². The van der Waals surface area contributed by atoms with Crippen molar-refractivity contribution in [3.63, 3.8) is 0 Å². The third-order valence-electron chi connectivity index (χ3n) is 3.70. The van der Waals surface area contributed by atoms with Crippen LogP contribution in [-0.4, -0.2) is 28.3 Å². The zero-order valence-corrected chi connectivity index (χ0v) is 14.6. The quantitative estimate of drug-likeness (QED) is 0.806. The van der Waals surface area contributed by atoms with Crippen LogP contribution in [0.4, 0.5) is 4.39 Å². The number of rotatable bonds is 5. The molecule has 3 N–H and O–H groups in total. The van der Waals surface area contributed by atoms with Gasteiger partial charge >= 0.3 is 0 Å². The number of carbonyl (C=O) groups excluding carboxylic acids is 1. The Morgan fingerprint density at radius 3 is 2.70 bits per heavy atom. The first-order chi connectivity index (χ1) is 10.5. The lowest BCUT2D eigenvalue weighted by Crippen LogP contribution is -2.38. The largest absolute Gasteiger partial charge is 0.349 e. The molecule has 1 unspecified atom stereocenters. The van der Waals surface area contributed by atoms with Gasteiger partial charge in [-0.05, 0) is 59.0 Å². The highest BCUT2D eigenvalue weighted by molar-refractivity contribution is 9.10. The van der Waals surface area contributed by atoms with Gasteiger partial charge in [0.05, 0.1) is 10.2 Å². The van der Waals surface area contributed by atoms with Gasteiger partial charge in [0.15, 0.2) is 5.69 Å². The van der Waals surface area contributed by atoms with Gasteiger partial charge in [-0.1, -0.05) is 0 Å². The number of benzene rings is 1. The summed E-state index contributed by atoms with van der Waals surface area (Å²) in [6.07, 6.45) is 3.95.